The molecule has 1 aromatic rings. The summed E-state index contributed by atoms with van der Waals surface area (Å²) in [5, 5.41) is 0. The van der Waals surface area contributed by atoms with Crippen LogP contribution in [0.3, 0.4) is 0 Å². The highest BCUT2D eigenvalue weighted by Crippen LogP contribution is 2.43. The van der Waals surface area contributed by atoms with Gasteiger partial charge in [0.15, 0.2) is 6.61 Å². The summed E-state index contributed by atoms with van der Waals surface area (Å²) in [7, 11) is -3.44. The Balaban J connectivity index is 1.40. The Morgan fingerprint density at radius 2 is 1.84 bits per heavy atom. The second-order valence-electron chi connectivity index (χ2n) is 10.1. The van der Waals surface area contributed by atoms with Crippen LogP contribution in [0.25, 0.3) is 0 Å². The van der Waals surface area contributed by atoms with Crippen molar-refractivity contribution < 1.29 is 22.7 Å². The molecule has 2 aliphatic carbocycles. The molecule has 0 spiro atoms. The number of carbonyl (C=O) groups excluding carboxylic acids is 1. The molecule has 5 aliphatic rings. The Kier molecular flexibility index (Phi) is 5.97. The standard InChI is InChI=1S/C24H34N2O5S/c1-24(12-13-24)32(28,29)25-20-6-4-14-26-21(20)15-30-18-10-8-17(9-11-18)19-5-2-3-7-22(19)31-16-23(26)27/h2-3,5,7,17-18,20-21,25H,4,6,8-16H2,1H3/t17?,18?,20-,21?/m0/s1. The summed E-state index contributed by atoms with van der Waals surface area (Å²) in [6.45, 7) is 2.71. The number of nitrogens with one attached hydrogen (secondary N) is 1. The molecule has 3 heterocycles. The molecule has 8 heteroatoms. The van der Waals surface area contributed by atoms with Crippen LogP contribution in [-0.4, -0.2) is 61.9 Å². The number of carbonyl (C=O) groups is 1. The highest BCUT2D eigenvalue weighted by Gasteiger charge is 2.51. The SMILES string of the molecule is CC1(S(=O)(=O)N[C@H]2CCCN3C(=O)COc4ccccc4C4CCC(CC4)OCC23)CC1. The third-order valence-electron chi connectivity index (χ3n) is 7.90. The van der Waals surface area contributed by atoms with Crippen molar-refractivity contribution in [1.82, 2.24) is 9.62 Å². The summed E-state index contributed by atoms with van der Waals surface area (Å²) in [6.07, 6.45) is 6.99. The van der Waals surface area contributed by atoms with Crippen LogP contribution in [0, 0.1) is 0 Å². The van der Waals surface area contributed by atoms with Crippen molar-refractivity contribution in [3.05, 3.63) is 29.8 Å². The first-order valence-corrected chi connectivity index (χ1v) is 13.5. The van der Waals surface area contributed by atoms with E-state index in [9.17, 15) is 13.2 Å². The number of amides is 1. The van der Waals surface area contributed by atoms with E-state index in [1.807, 2.05) is 18.2 Å². The first kappa shape index (κ1) is 22.2. The van der Waals surface area contributed by atoms with Gasteiger partial charge in [0.2, 0.25) is 10.0 Å². The van der Waals surface area contributed by atoms with Crippen molar-refractivity contribution in [2.45, 2.75) is 87.1 Å². The van der Waals surface area contributed by atoms with Gasteiger partial charge in [0.05, 0.1) is 23.5 Å². The van der Waals surface area contributed by atoms with Crippen LogP contribution in [0.2, 0.25) is 0 Å². The summed E-state index contributed by atoms with van der Waals surface area (Å²) in [5.41, 5.74) is 1.18. The predicted molar refractivity (Wildman–Crippen MR) is 121 cm³/mol. The lowest BCUT2D eigenvalue weighted by Gasteiger charge is -2.42. The van der Waals surface area contributed by atoms with E-state index in [0.29, 0.717) is 38.3 Å². The van der Waals surface area contributed by atoms with Crippen molar-refractivity contribution in [2.75, 3.05) is 19.8 Å². The molecule has 32 heavy (non-hydrogen) atoms. The molecule has 2 saturated carbocycles. The van der Waals surface area contributed by atoms with Gasteiger partial charge in [0.1, 0.15) is 5.75 Å². The van der Waals surface area contributed by atoms with Crippen LogP contribution in [-0.2, 0) is 19.6 Å². The molecule has 0 radical (unpaired) electrons. The largest absolute Gasteiger partial charge is 0.483 e. The van der Waals surface area contributed by atoms with Crippen molar-refractivity contribution >= 4 is 15.9 Å². The number of rotatable bonds is 3. The number of ether oxygens (including phenoxy) is 2. The summed E-state index contributed by atoms with van der Waals surface area (Å²) >= 11 is 0. The van der Waals surface area contributed by atoms with E-state index in [4.69, 9.17) is 9.47 Å². The molecule has 3 aliphatic heterocycles. The number of fused-ring (bicyclic) bond motifs is 5. The van der Waals surface area contributed by atoms with Gasteiger partial charge in [-0.3, -0.25) is 4.79 Å². The quantitative estimate of drug-likeness (QED) is 0.747. The molecule has 2 bridgehead atoms. The number of sulfonamides is 1. The lowest BCUT2D eigenvalue weighted by Crippen LogP contribution is -2.60. The Bertz CT molecular complexity index is 953. The Morgan fingerprint density at radius 3 is 2.59 bits per heavy atom. The fraction of sp³-hybridized carbons (Fsp3) is 0.708. The van der Waals surface area contributed by atoms with E-state index in [-0.39, 0.29) is 30.7 Å². The number of hydrogen-bond acceptors (Lipinski definition) is 5. The van der Waals surface area contributed by atoms with E-state index >= 15 is 0 Å². The highest BCUT2D eigenvalue weighted by molar-refractivity contribution is 7.91. The molecule has 1 amide bonds. The summed E-state index contributed by atoms with van der Waals surface area (Å²) in [4.78, 5) is 15.0. The maximum Gasteiger partial charge on any atom is 0.260 e. The number of hydrogen-bond donors (Lipinski definition) is 1. The lowest BCUT2D eigenvalue weighted by molar-refractivity contribution is -0.140. The minimum Gasteiger partial charge on any atom is -0.483 e. The fourth-order valence-corrected chi connectivity index (χ4v) is 7.04. The number of benzene rings is 1. The van der Waals surface area contributed by atoms with Crippen LogP contribution in [0.5, 0.6) is 5.75 Å². The van der Waals surface area contributed by atoms with Crippen molar-refractivity contribution in [3.8, 4) is 5.75 Å². The normalized spacial score (nSPS) is 32.5. The molecule has 6 rings (SSSR count). The first-order chi connectivity index (χ1) is 15.4. The van der Waals surface area contributed by atoms with Gasteiger partial charge in [-0.25, -0.2) is 13.1 Å². The molecule has 3 fully saturated rings. The van der Waals surface area contributed by atoms with Crippen LogP contribution >= 0.6 is 0 Å². The summed E-state index contributed by atoms with van der Waals surface area (Å²) in [6, 6.07) is 7.39. The minimum absolute atomic E-state index is 0.0408. The number of piperidine rings is 1. The second-order valence-corrected chi connectivity index (χ2v) is 12.3. The third-order valence-corrected chi connectivity index (χ3v) is 10.2. The van der Waals surface area contributed by atoms with Gasteiger partial charge >= 0.3 is 0 Å². The topological polar surface area (TPSA) is 84.9 Å². The maximum absolute atomic E-state index is 13.2. The van der Waals surface area contributed by atoms with Gasteiger partial charge < -0.3 is 14.4 Å². The Labute approximate surface area is 190 Å². The predicted octanol–water partition coefficient (Wildman–Crippen LogP) is 2.95. The molecule has 7 nitrogen and oxygen atoms in total. The zero-order chi connectivity index (χ0) is 22.3. The molecule has 2 atom stereocenters. The van der Waals surface area contributed by atoms with E-state index in [1.165, 1.54) is 5.56 Å². The van der Waals surface area contributed by atoms with Gasteiger partial charge in [0.25, 0.3) is 5.91 Å². The van der Waals surface area contributed by atoms with Gasteiger partial charge in [-0.15, -0.1) is 0 Å². The number of nitrogens with zero attached hydrogens (tertiary/aromatic N) is 1. The summed E-state index contributed by atoms with van der Waals surface area (Å²) in [5.74, 6) is 1.10. The molecule has 1 saturated heterocycles. The molecule has 1 N–H and O–H groups in total. The molecule has 1 unspecified atom stereocenters. The average Bonchev–Trinajstić information content (AvgIpc) is 3.55. The molecular formula is C24H34N2O5S. The van der Waals surface area contributed by atoms with Gasteiger partial charge in [-0.1, -0.05) is 18.2 Å². The van der Waals surface area contributed by atoms with Crippen LogP contribution < -0.4 is 9.46 Å². The molecule has 1 aromatic carbocycles. The van der Waals surface area contributed by atoms with E-state index < -0.39 is 14.8 Å². The molecular weight excluding hydrogens is 428 g/mol. The van der Waals surface area contributed by atoms with Crippen LogP contribution in [0.4, 0.5) is 0 Å². The van der Waals surface area contributed by atoms with Gasteiger partial charge in [-0.05, 0) is 75.8 Å². The van der Waals surface area contributed by atoms with E-state index in [1.54, 1.807) is 11.8 Å². The summed E-state index contributed by atoms with van der Waals surface area (Å²) < 4.78 is 40.5. The maximum atomic E-state index is 13.2. The fourth-order valence-electron chi connectivity index (χ4n) is 5.44. The zero-order valence-corrected chi connectivity index (χ0v) is 19.6. The molecule has 0 aromatic heterocycles. The van der Waals surface area contributed by atoms with Gasteiger partial charge in [-0.2, -0.15) is 0 Å². The second kappa shape index (κ2) is 8.61. The van der Waals surface area contributed by atoms with Crippen molar-refractivity contribution in [3.63, 3.8) is 0 Å². The minimum atomic E-state index is -3.44. The number of para-hydroxylation sites is 1. The van der Waals surface area contributed by atoms with Crippen molar-refractivity contribution in [2.24, 2.45) is 0 Å². The lowest BCUT2D eigenvalue weighted by atomic mass is 9.82. The zero-order valence-electron chi connectivity index (χ0n) is 18.8. The smallest absolute Gasteiger partial charge is 0.260 e. The average molecular weight is 463 g/mol. The third kappa shape index (κ3) is 4.29. The Morgan fingerprint density at radius 1 is 1.09 bits per heavy atom. The first-order valence-electron chi connectivity index (χ1n) is 12.0. The van der Waals surface area contributed by atoms with Crippen LogP contribution in [0.1, 0.15) is 69.8 Å². The van der Waals surface area contributed by atoms with E-state index in [2.05, 4.69) is 10.8 Å². The Hall–Kier alpha value is -1.64. The highest BCUT2D eigenvalue weighted by atomic mass is 32.2. The van der Waals surface area contributed by atoms with Crippen molar-refractivity contribution in [1.29, 1.82) is 0 Å². The molecule has 176 valence electrons. The van der Waals surface area contributed by atoms with E-state index in [0.717, 1.165) is 37.9 Å². The van der Waals surface area contributed by atoms with Crippen LogP contribution in [0.15, 0.2) is 24.3 Å². The van der Waals surface area contributed by atoms with Gasteiger partial charge in [0, 0.05) is 12.6 Å². The monoisotopic (exact) mass is 462 g/mol.